The van der Waals surface area contributed by atoms with Crippen LogP contribution >= 0.6 is 11.6 Å². The molecule has 0 unspecified atom stereocenters. The monoisotopic (exact) mass is 582 g/mol. The van der Waals surface area contributed by atoms with Crippen molar-refractivity contribution in [2.75, 3.05) is 20.8 Å². The summed E-state index contributed by atoms with van der Waals surface area (Å²) in [6.45, 7) is -0.113. The molecule has 10 nitrogen and oxygen atoms in total. The molecule has 204 valence electrons. The van der Waals surface area contributed by atoms with E-state index in [0.29, 0.717) is 10.8 Å². The molecule has 0 aromatic heterocycles. The second kappa shape index (κ2) is 12.6. The number of carboxylic acid groups (broad SMARTS) is 1. The molecule has 0 radical (unpaired) electrons. The number of halogens is 1. The van der Waals surface area contributed by atoms with Gasteiger partial charge in [-0.05, 0) is 60.4 Å². The van der Waals surface area contributed by atoms with Crippen molar-refractivity contribution in [3.05, 3.63) is 71.8 Å². The highest BCUT2D eigenvalue weighted by atomic mass is 35.5. The smallest absolute Gasteiger partial charge is 0.321 e. The molecule has 0 saturated carbocycles. The van der Waals surface area contributed by atoms with Crippen LogP contribution in [0.5, 0.6) is 11.5 Å². The molecular weight excluding hydrogens is 556 g/mol. The molecule has 3 N–H and O–H groups in total. The van der Waals surface area contributed by atoms with E-state index in [0.717, 1.165) is 11.1 Å². The third-order valence-electron chi connectivity index (χ3n) is 5.56. The normalized spacial score (nSPS) is 12.6. The molecule has 0 amide bonds. The Balaban J connectivity index is 1.61. The lowest BCUT2D eigenvalue weighted by Gasteiger charge is -2.15. The zero-order valence-corrected chi connectivity index (χ0v) is 22.9. The summed E-state index contributed by atoms with van der Waals surface area (Å²) in [6, 6.07) is 15.6. The Morgan fingerprint density at radius 3 is 1.95 bits per heavy atom. The SMILES string of the molecule is COc1ccc(S(=O)(=O)NCCC[C@H](NS(=O)(=O)c2ccc(-c3ccc(Cl)cc3)cc2)C(=O)O)cc1OC. The first-order valence-electron chi connectivity index (χ1n) is 11.3. The number of hydrogen-bond acceptors (Lipinski definition) is 7. The predicted molar refractivity (Wildman–Crippen MR) is 143 cm³/mol. The van der Waals surface area contributed by atoms with Gasteiger partial charge in [-0.3, -0.25) is 4.79 Å². The number of aliphatic carboxylic acids is 1. The molecule has 3 aromatic rings. The van der Waals surface area contributed by atoms with E-state index in [9.17, 15) is 26.7 Å². The summed E-state index contributed by atoms with van der Waals surface area (Å²) < 4.78 is 65.6. The topological polar surface area (TPSA) is 148 Å². The van der Waals surface area contributed by atoms with Gasteiger partial charge in [-0.15, -0.1) is 0 Å². The minimum absolute atomic E-state index is 0.0571. The van der Waals surface area contributed by atoms with E-state index in [1.54, 1.807) is 36.4 Å². The van der Waals surface area contributed by atoms with Crippen LogP contribution in [0.4, 0.5) is 0 Å². The highest BCUT2D eigenvalue weighted by Gasteiger charge is 2.25. The number of rotatable bonds is 13. The Morgan fingerprint density at radius 1 is 0.842 bits per heavy atom. The lowest BCUT2D eigenvalue weighted by atomic mass is 10.1. The van der Waals surface area contributed by atoms with Gasteiger partial charge in [0.05, 0.1) is 24.0 Å². The molecule has 0 fully saturated rings. The van der Waals surface area contributed by atoms with Crippen LogP contribution in [-0.2, 0) is 24.8 Å². The van der Waals surface area contributed by atoms with Crippen molar-refractivity contribution in [2.45, 2.75) is 28.7 Å². The zero-order chi connectivity index (χ0) is 27.9. The van der Waals surface area contributed by atoms with Crippen molar-refractivity contribution in [1.29, 1.82) is 0 Å². The Labute approximate surface area is 226 Å². The van der Waals surface area contributed by atoms with E-state index in [2.05, 4.69) is 9.44 Å². The van der Waals surface area contributed by atoms with Crippen molar-refractivity contribution >= 4 is 37.6 Å². The maximum Gasteiger partial charge on any atom is 0.321 e. The van der Waals surface area contributed by atoms with Crippen molar-refractivity contribution in [1.82, 2.24) is 9.44 Å². The van der Waals surface area contributed by atoms with Gasteiger partial charge < -0.3 is 14.6 Å². The summed E-state index contributed by atoms with van der Waals surface area (Å²) in [5.41, 5.74) is 1.60. The molecule has 0 heterocycles. The highest BCUT2D eigenvalue weighted by Crippen LogP contribution is 2.29. The summed E-state index contributed by atoms with van der Waals surface area (Å²) in [5, 5.41) is 10.1. The number of hydrogen-bond donors (Lipinski definition) is 3. The molecule has 0 aliphatic heterocycles. The molecule has 0 spiro atoms. The Kier molecular flexibility index (Phi) is 9.74. The second-order valence-corrected chi connectivity index (χ2v) is 12.0. The van der Waals surface area contributed by atoms with Gasteiger partial charge in [0.15, 0.2) is 11.5 Å². The summed E-state index contributed by atoms with van der Waals surface area (Å²) >= 11 is 5.90. The number of methoxy groups -OCH3 is 2. The van der Waals surface area contributed by atoms with Gasteiger partial charge in [0.2, 0.25) is 20.0 Å². The van der Waals surface area contributed by atoms with E-state index in [-0.39, 0.29) is 34.9 Å². The first-order valence-corrected chi connectivity index (χ1v) is 14.6. The minimum Gasteiger partial charge on any atom is -0.493 e. The molecule has 13 heteroatoms. The average Bonchev–Trinajstić information content (AvgIpc) is 2.90. The van der Waals surface area contributed by atoms with Crippen LogP contribution < -0.4 is 18.9 Å². The summed E-state index contributed by atoms with van der Waals surface area (Å²) in [6.07, 6.45) is -0.0899. The van der Waals surface area contributed by atoms with Crippen molar-refractivity contribution < 1.29 is 36.2 Å². The maximum absolute atomic E-state index is 12.8. The largest absolute Gasteiger partial charge is 0.493 e. The molecule has 3 aromatic carbocycles. The fourth-order valence-electron chi connectivity index (χ4n) is 3.54. The fraction of sp³-hybridized carbons (Fsp3) is 0.240. The van der Waals surface area contributed by atoms with Crippen LogP contribution in [0.25, 0.3) is 11.1 Å². The van der Waals surface area contributed by atoms with E-state index >= 15 is 0 Å². The van der Waals surface area contributed by atoms with Crippen LogP contribution in [0, 0.1) is 0 Å². The lowest BCUT2D eigenvalue weighted by molar-refractivity contribution is -0.139. The van der Waals surface area contributed by atoms with E-state index in [1.165, 1.54) is 44.6 Å². The number of ether oxygens (including phenoxy) is 2. The zero-order valence-electron chi connectivity index (χ0n) is 20.5. The third kappa shape index (κ3) is 7.45. The predicted octanol–water partition coefficient (Wildman–Crippen LogP) is 3.51. The summed E-state index contributed by atoms with van der Waals surface area (Å²) in [7, 11) is -5.27. The third-order valence-corrected chi connectivity index (χ3v) is 8.76. The highest BCUT2D eigenvalue weighted by molar-refractivity contribution is 7.89. The van der Waals surface area contributed by atoms with Crippen LogP contribution in [0.15, 0.2) is 76.5 Å². The van der Waals surface area contributed by atoms with Crippen molar-refractivity contribution in [2.24, 2.45) is 0 Å². The van der Waals surface area contributed by atoms with Gasteiger partial charge in [-0.2, -0.15) is 4.72 Å². The summed E-state index contributed by atoms with van der Waals surface area (Å²) in [4.78, 5) is 11.6. The molecule has 0 bridgehead atoms. The van der Waals surface area contributed by atoms with E-state index < -0.39 is 32.1 Å². The van der Waals surface area contributed by atoms with Gasteiger partial charge in [0.1, 0.15) is 6.04 Å². The fourth-order valence-corrected chi connectivity index (χ4v) is 5.98. The Bertz CT molecular complexity index is 1480. The number of benzene rings is 3. The number of carboxylic acids is 1. The standard InChI is InChI=1S/C25H27ClN2O8S2/c1-35-23-14-13-21(16-24(23)36-2)37(31,32)27-15-3-4-22(25(29)30)28-38(33,34)20-11-7-18(8-12-20)17-5-9-19(26)10-6-17/h5-14,16,22,27-28H,3-4,15H2,1-2H3,(H,29,30)/t22-/m0/s1. The molecular formula is C25H27ClN2O8S2. The minimum atomic E-state index is -4.15. The maximum atomic E-state index is 12.8. The molecule has 38 heavy (non-hydrogen) atoms. The molecule has 0 aliphatic carbocycles. The second-order valence-electron chi connectivity index (χ2n) is 8.10. The van der Waals surface area contributed by atoms with Gasteiger partial charge in [0.25, 0.3) is 0 Å². The summed E-state index contributed by atoms with van der Waals surface area (Å²) in [5.74, 6) is -0.784. The molecule has 0 aliphatic rings. The van der Waals surface area contributed by atoms with Crippen LogP contribution in [-0.4, -0.2) is 54.7 Å². The van der Waals surface area contributed by atoms with Crippen molar-refractivity contribution in [3.63, 3.8) is 0 Å². The molecule has 3 rings (SSSR count). The van der Waals surface area contributed by atoms with E-state index in [4.69, 9.17) is 21.1 Å². The van der Waals surface area contributed by atoms with Gasteiger partial charge in [-0.25, -0.2) is 21.6 Å². The number of sulfonamides is 2. The van der Waals surface area contributed by atoms with Crippen LogP contribution in [0.3, 0.4) is 0 Å². The first kappa shape index (κ1) is 29.4. The number of carbonyl (C=O) groups is 1. The van der Waals surface area contributed by atoms with Crippen LogP contribution in [0.2, 0.25) is 5.02 Å². The number of nitrogens with one attached hydrogen (secondary N) is 2. The lowest BCUT2D eigenvalue weighted by Crippen LogP contribution is -2.41. The van der Waals surface area contributed by atoms with Crippen LogP contribution in [0.1, 0.15) is 12.8 Å². The quantitative estimate of drug-likeness (QED) is 0.259. The van der Waals surface area contributed by atoms with Gasteiger partial charge >= 0.3 is 5.97 Å². The van der Waals surface area contributed by atoms with Gasteiger partial charge in [-0.1, -0.05) is 35.9 Å². The van der Waals surface area contributed by atoms with E-state index in [1.807, 2.05) is 0 Å². The van der Waals surface area contributed by atoms with Crippen molar-refractivity contribution in [3.8, 4) is 22.6 Å². The Hall–Kier alpha value is -3.16. The first-order chi connectivity index (χ1) is 18.0. The Morgan fingerprint density at radius 2 is 1.39 bits per heavy atom. The average molecular weight is 583 g/mol. The molecule has 0 saturated heterocycles. The van der Waals surface area contributed by atoms with Gasteiger partial charge in [0, 0.05) is 17.6 Å². The molecule has 1 atom stereocenters.